The highest BCUT2D eigenvalue weighted by atomic mass is 32.2. The van der Waals surface area contributed by atoms with Crippen LogP contribution in [0.5, 0.6) is 0 Å². The van der Waals surface area contributed by atoms with Gasteiger partial charge in [-0.15, -0.1) is 0 Å². The highest BCUT2D eigenvalue weighted by Crippen LogP contribution is 2.34. The van der Waals surface area contributed by atoms with E-state index in [9.17, 15) is 21.6 Å². The molecule has 8 heteroatoms. The van der Waals surface area contributed by atoms with E-state index in [0.29, 0.717) is 6.07 Å². The Labute approximate surface area is 128 Å². The zero-order valence-electron chi connectivity index (χ0n) is 12.6. The molecular weight excluding hydrogens is 319 g/mol. The molecule has 0 aliphatic carbocycles. The molecular formula is C14H20F3NO3S. The minimum atomic E-state index is -3.84. The highest BCUT2D eigenvalue weighted by Gasteiger charge is 2.35. The largest absolute Gasteiger partial charge is 0.390 e. The summed E-state index contributed by atoms with van der Waals surface area (Å²) >= 11 is 0. The van der Waals surface area contributed by atoms with Crippen LogP contribution in [0.2, 0.25) is 0 Å². The predicted octanol–water partition coefficient (Wildman–Crippen LogP) is 2.47. The topological polar surface area (TPSA) is 80.4 Å². The van der Waals surface area contributed by atoms with Crippen LogP contribution in [0.25, 0.3) is 0 Å². The minimum Gasteiger partial charge on any atom is -0.390 e. The van der Waals surface area contributed by atoms with Gasteiger partial charge in [0.25, 0.3) is 5.92 Å². The second-order valence-electron chi connectivity index (χ2n) is 6.05. The van der Waals surface area contributed by atoms with Crippen molar-refractivity contribution in [2.45, 2.75) is 43.8 Å². The predicted molar refractivity (Wildman–Crippen MR) is 77.6 cm³/mol. The van der Waals surface area contributed by atoms with Crippen molar-refractivity contribution in [1.29, 1.82) is 0 Å². The third-order valence-electron chi connectivity index (χ3n) is 3.68. The van der Waals surface area contributed by atoms with Crippen LogP contribution in [0.15, 0.2) is 18.2 Å². The fourth-order valence-corrected chi connectivity index (χ4v) is 2.65. The molecule has 0 bridgehead atoms. The number of benzene rings is 1. The van der Waals surface area contributed by atoms with Crippen LogP contribution in [0.1, 0.15) is 44.2 Å². The Morgan fingerprint density at radius 3 is 2.27 bits per heavy atom. The third-order valence-corrected chi connectivity index (χ3v) is 5.39. The van der Waals surface area contributed by atoms with Gasteiger partial charge in [-0.05, 0) is 49.9 Å². The fraction of sp³-hybridized carbons (Fsp3) is 0.571. The average molecular weight is 339 g/mol. The smallest absolute Gasteiger partial charge is 0.295 e. The number of aliphatic hydroxyl groups is 1. The van der Waals surface area contributed by atoms with E-state index >= 15 is 0 Å². The monoisotopic (exact) mass is 339 g/mol. The van der Waals surface area contributed by atoms with Crippen molar-refractivity contribution in [3.05, 3.63) is 35.1 Å². The highest BCUT2D eigenvalue weighted by molar-refractivity contribution is 7.90. The van der Waals surface area contributed by atoms with Crippen LogP contribution in [0.4, 0.5) is 13.2 Å². The van der Waals surface area contributed by atoms with Crippen molar-refractivity contribution in [2.24, 2.45) is 5.14 Å². The molecule has 0 spiro atoms. The lowest BCUT2D eigenvalue weighted by atomic mass is 9.89. The maximum Gasteiger partial charge on any atom is 0.295 e. The van der Waals surface area contributed by atoms with Gasteiger partial charge in [0.05, 0.1) is 4.75 Å². The number of primary sulfonamides is 1. The van der Waals surface area contributed by atoms with E-state index in [1.165, 1.54) is 13.8 Å². The number of hydrogen-bond acceptors (Lipinski definition) is 3. The van der Waals surface area contributed by atoms with Crippen LogP contribution in [-0.4, -0.2) is 24.9 Å². The van der Waals surface area contributed by atoms with E-state index in [2.05, 4.69) is 0 Å². The second kappa shape index (κ2) is 6.17. The molecule has 4 nitrogen and oxygen atoms in total. The molecule has 22 heavy (non-hydrogen) atoms. The van der Waals surface area contributed by atoms with Gasteiger partial charge >= 0.3 is 0 Å². The first-order valence-electron chi connectivity index (χ1n) is 6.62. The summed E-state index contributed by atoms with van der Waals surface area (Å²) < 4.78 is 62.3. The Morgan fingerprint density at radius 1 is 1.27 bits per heavy atom. The maximum absolute atomic E-state index is 13.6. The summed E-state index contributed by atoms with van der Waals surface area (Å²) in [7, 11) is -3.84. The zero-order chi connectivity index (χ0) is 17.3. The van der Waals surface area contributed by atoms with Gasteiger partial charge in [-0.1, -0.05) is 6.92 Å². The van der Waals surface area contributed by atoms with Gasteiger partial charge in [0.2, 0.25) is 10.0 Å². The molecule has 0 aliphatic rings. The molecule has 126 valence electrons. The van der Waals surface area contributed by atoms with E-state index in [0.717, 1.165) is 12.1 Å². The van der Waals surface area contributed by atoms with Gasteiger partial charge in [0, 0.05) is 5.56 Å². The molecule has 0 saturated heterocycles. The maximum atomic E-state index is 13.6. The van der Waals surface area contributed by atoms with Crippen molar-refractivity contribution in [2.75, 3.05) is 6.61 Å². The number of halogens is 3. The molecule has 0 amide bonds. The van der Waals surface area contributed by atoms with Gasteiger partial charge in [-0.3, -0.25) is 0 Å². The van der Waals surface area contributed by atoms with Crippen LogP contribution in [-0.2, 0) is 15.9 Å². The van der Waals surface area contributed by atoms with Crippen LogP contribution in [0.3, 0.4) is 0 Å². The summed E-state index contributed by atoms with van der Waals surface area (Å²) in [6, 6.07) is 2.79. The molecule has 1 aromatic rings. The zero-order valence-corrected chi connectivity index (χ0v) is 13.4. The normalized spacial score (nSPS) is 14.9. The Morgan fingerprint density at radius 2 is 1.82 bits per heavy atom. The first kappa shape index (κ1) is 18.9. The van der Waals surface area contributed by atoms with Gasteiger partial charge in [-0.25, -0.2) is 17.9 Å². The molecule has 0 unspecified atom stereocenters. The molecule has 0 aliphatic heterocycles. The lowest BCUT2D eigenvalue weighted by molar-refractivity contribution is -0.0559. The SMILES string of the molecule is C[C@H](CC(C)(C)S(N)(=O)=O)c1cc(F)cc(C(F)(F)CO)c1. The molecule has 0 aromatic heterocycles. The summed E-state index contributed by atoms with van der Waals surface area (Å²) in [5.41, 5.74) is -0.426. The molecule has 0 saturated carbocycles. The number of nitrogens with two attached hydrogens (primary N) is 1. The molecule has 0 heterocycles. The van der Waals surface area contributed by atoms with Crippen molar-refractivity contribution in [3.8, 4) is 0 Å². The molecule has 1 aromatic carbocycles. The first-order valence-corrected chi connectivity index (χ1v) is 8.17. The minimum absolute atomic E-state index is 0.0411. The van der Waals surface area contributed by atoms with Crippen molar-refractivity contribution in [3.63, 3.8) is 0 Å². The van der Waals surface area contributed by atoms with Crippen molar-refractivity contribution >= 4 is 10.0 Å². The Kier molecular flexibility index (Phi) is 5.31. The van der Waals surface area contributed by atoms with Crippen LogP contribution in [0, 0.1) is 5.82 Å². The summed E-state index contributed by atoms with van der Waals surface area (Å²) in [5.74, 6) is -4.95. The number of sulfonamides is 1. The summed E-state index contributed by atoms with van der Waals surface area (Å²) in [4.78, 5) is 0. The number of aliphatic hydroxyl groups excluding tert-OH is 1. The number of alkyl halides is 2. The summed E-state index contributed by atoms with van der Waals surface area (Å²) in [6.07, 6.45) is 0.0411. The first-order chi connectivity index (χ1) is 9.80. The molecule has 3 N–H and O–H groups in total. The number of hydrogen-bond donors (Lipinski definition) is 2. The molecule has 0 radical (unpaired) electrons. The lowest BCUT2D eigenvalue weighted by Gasteiger charge is -2.26. The fourth-order valence-electron chi connectivity index (χ4n) is 2.17. The Hall–Kier alpha value is -1.12. The van der Waals surface area contributed by atoms with Crippen molar-refractivity contribution < 1.29 is 26.7 Å². The average Bonchev–Trinajstić information content (AvgIpc) is 2.36. The van der Waals surface area contributed by atoms with E-state index in [-0.39, 0.29) is 12.0 Å². The van der Waals surface area contributed by atoms with Crippen molar-refractivity contribution in [1.82, 2.24) is 0 Å². The van der Waals surface area contributed by atoms with E-state index in [1.807, 2.05) is 0 Å². The molecule has 1 rings (SSSR count). The van der Waals surface area contributed by atoms with Gasteiger partial charge in [0.15, 0.2) is 0 Å². The van der Waals surface area contributed by atoms with Gasteiger partial charge < -0.3 is 5.11 Å². The Bertz CT molecular complexity index is 645. The van der Waals surface area contributed by atoms with Crippen LogP contribution >= 0.6 is 0 Å². The molecule has 0 fully saturated rings. The molecule has 1 atom stereocenters. The summed E-state index contributed by atoms with van der Waals surface area (Å²) in [5, 5.41) is 13.8. The van der Waals surface area contributed by atoms with Crippen LogP contribution < -0.4 is 5.14 Å². The van der Waals surface area contributed by atoms with E-state index < -0.39 is 44.6 Å². The van der Waals surface area contributed by atoms with E-state index in [1.54, 1.807) is 6.92 Å². The number of rotatable bonds is 6. The Balaban J connectivity index is 3.17. The third kappa shape index (κ3) is 4.21. The van der Waals surface area contributed by atoms with Gasteiger partial charge in [-0.2, -0.15) is 8.78 Å². The standard InChI is InChI=1S/C14H20F3NO3S/c1-9(7-13(2,3)22(18,20)21)10-4-11(6-12(15)5-10)14(16,17)8-19/h4-6,9,19H,7-8H2,1-3H3,(H2,18,20,21)/t9-/m1/s1. The second-order valence-corrected chi connectivity index (χ2v) is 8.24. The van der Waals surface area contributed by atoms with E-state index in [4.69, 9.17) is 10.2 Å². The lowest BCUT2D eigenvalue weighted by Crippen LogP contribution is -2.38. The summed E-state index contributed by atoms with van der Waals surface area (Å²) in [6.45, 7) is 3.00. The quantitative estimate of drug-likeness (QED) is 0.835. The van der Waals surface area contributed by atoms with Gasteiger partial charge in [0.1, 0.15) is 12.4 Å².